The van der Waals surface area contributed by atoms with Gasteiger partial charge in [0.25, 0.3) is 0 Å². The molecule has 1 heterocycles. The molecule has 1 saturated carbocycles. The maximum absolute atomic E-state index is 5.51. The Morgan fingerprint density at radius 2 is 2.15 bits per heavy atom. The first-order valence-corrected chi connectivity index (χ1v) is 7.99. The molecular formula is C17H30N2O. The summed E-state index contributed by atoms with van der Waals surface area (Å²) in [6.45, 7) is 11.1. The molecule has 0 amide bonds. The zero-order chi connectivity index (χ0) is 14.6. The normalized spacial score (nSPS) is 17.6. The van der Waals surface area contributed by atoms with Crippen LogP contribution in [0, 0.1) is 0 Å². The topological polar surface area (TPSA) is 28.4 Å². The molecule has 0 aromatic carbocycles. The van der Waals surface area contributed by atoms with Gasteiger partial charge >= 0.3 is 0 Å². The highest BCUT2D eigenvalue weighted by molar-refractivity contribution is 5.00. The quantitative estimate of drug-likeness (QED) is 0.733. The molecule has 1 aliphatic rings. The minimum Gasteiger partial charge on any atom is -0.468 e. The number of furan rings is 1. The van der Waals surface area contributed by atoms with Crippen molar-refractivity contribution in [2.75, 3.05) is 6.54 Å². The molecule has 114 valence electrons. The van der Waals surface area contributed by atoms with Gasteiger partial charge in [0.05, 0.1) is 12.8 Å². The zero-order valence-corrected chi connectivity index (χ0v) is 13.5. The number of nitrogens with one attached hydrogen (secondary N) is 1. The zero-order valence-electron chi connectivity index (χ0n) is 13.5. The molecule has 0 spiro atoms. The molecule has 0 radical (unpaired) electrons. The Labute approximate surface area is 123 Å². The van der Waals surface area contributed by atoms with Crippen molar-refractivity contribution in [3.05, 3.63) is 24.2 Å². The summed E-state index contributed by atoms with van der Waals surface area (Å²) in [4.78, 5) is 2.62. The second kappa shape index (κ2) is 6.77. The maximum atomic E-state index is 5.51. The van der Waals surface area contributed by atoms with Crippen LogP contribution in [0.3, 0.4) is 0 Å². The Morgan fingerprint density at radius 1 is 1.40 bits per heavy atom. The van der Waals surface area contributed by atoms with E-state index in [-0.39, 0.29) is 5.54 Å². The highest BCUT2D eigenvalue weighted by atomic mass is 16.3. The average molecular weight is 278 g/mol. The van der Waals surface area contributed by atoms with Crippen molar-refractivity contribution in [3.8, 4) is 0 Å². The monoisotopic (exact) mass is 278 g/mol. The van der Waals surface area contributed by atoms with Crippen LogP contribution in [0.2, 0.25) is 0 Å². The SMILES string of the molecule is CC(CCCNC(C)(C)C)N(Cc1ccco1)C1CC1. The van der Waals surface area contributed by atoms with E-state index in [0.717, 1.165) is 24.9 Å². The summed E-state index contributed by atoms with van der Waals surface area (Å²) in [5.41, 5.74) is 0.230. The predicted octanol–water partition coefficient (Wildman–Crippen LogP) is 3.80. The molecule has 1 aliphatic carbocycles. The Hall–Kier alpha value is -0.800. The lowest BCUT2D eigenvalue weighted by Crippen LogP contribution is -2.38. The average Bonchev–Trinajstić information content (AvgIpc) is 3.07. The first-order chi connectivity index (χ1) is 9.46. The summed E-state index contributed by atoms with van der Waals surface area (Å²) in [5, 5.41) is 3.57. The van der Waals surface area contributed by atoms with E-state index in [9.17, 15) is 0 Å². The van der Waals surface area contributed by atoms with Crippen molar-refractivity contribution in [1.29, 1.82) is 0 Å². The minimum atomic E-state index is 0.230. The van der Waals surface area contributed by atoms with Crippen molar-refractivity contribution in [2.45, 2.75) is 77.5 Å². The number of nitrogens with zero attached hydrogens (tertiary/aromatic N) is 1. The van der Waals surface area contributed by atoms with Crippen LogP contribution in [0.4, 0.5) is 0 Å². The van der Waals surface area contributed by atoms with Crippen molar-refractivity contribution >= 4 is 0 Å². The molecule has 0 saturated heterocycles. The van der Waals surface area contributed by atoms with E-state index in [1.165, 1.54) is 25.7 Å². The Balaban J connectivity index is 1.74. The molecule has 2 rings (SSSR count). The number of hydrogen-bond acceptors (Lipinski definition) is 3. The fourth-order valence-corrected chi connectivity index (χ4v) is 2.66. The van der Waals surface area contributed by atoms with E-state index in [1.807, 2.05) is 6.07 Å². The second-order valence-corrected chi connectivity index (χ2v) is 7.15. The van der Waals surface area contributed by atoms with Crippen LogP contribution in [-0.4, -0.2) is 29.1 Å². The highest BCUT2D eigenvalue weighted by Crippen LogP contribution is 2.31. The van der Waals surface area contributed by atoms with Gasteiger partial charge in [-0.15, -0.1) is 0 Å². The first-order valence-electron chi connectivity index (χ1n) is 7.99. The fourth-order valence-electron chi connectivity index (χ4n) is 2.66. The van der Waals surface area contributed by atoms with Gasteiger partial charge in [0, 0.05) is 17.6 Å². The van der Waals surface area contributed by atoms with Crippen LogP contribution in [-0.2, 0) is 6.54 Å². The third-order valence-corrected chi connectivity index (χ3v) is 3.95. The maximum Gasteiger partial charge on any atom is 0.117 e. The van der Waals surface area contributed by atoms with Crippen LogP contribution in [0.25, 0.3) is 0 Å². The summed E-state index contributed by atoms with van der Waals surface area (Å²) in [6, 6.07) is 5.49. The van der Waals surface area contributed by atoms with E-state index in [4.69, 9.17) is 4.42 Å². The standard InChI is InChI=1S/C17H30N2O/c1-14(7-5-11-18-17(2,3)4)19(15-9-10-15)13-16-8-6-12-20-16/h6,8,12,14-15,18H,5,7,9-11,13H2,1-4H3. The van der Waals surface area contributed by atoms with Gasteiger partial charge in [-0.05, 0) is 72.1 Å². The molecule has 20 heavy (non-hydrogen) atoms. The van der Waals surface area contributed by atoms with E-state index >= 15 is 0 Å². The van der Waals surface area contributed by atoms with E-state index in [2.05, 4.69) is 44.0 Å². The van der Waals surface area contributed by atoms with Crippen LogP contribution >= 0.6 is 0 Å². The van der Waals surface area contributed by atoms with Gasteiger partial charge in [0.15, 0.2) is 0 Å². The lowest BCUT2D eigenvalue weighted by atomic mass is 10.1. The van der Waals surface area contributed by atoms with Crippen molar-refractivity contribution in [3.63, 3.8) is 0 Å². The molecule has 0 aliphatic heterocycles. The Bertz CT molecular complexity index is 376. The molecule has 1 N–H and O–H groups in total. The minimum absolute atomic E-state index is 0.230. The summed E-state index contributed by atoms with van der Waals surface area (Å²) >= 11 is 0. The largest absolute Gasteiger partial charge is 0.468 e. The van der Waals surface area contributed by atoms with Gasteiger partial charge in [0.1, 0.15) is 5.76 Å². The van der Waals surface area contributed by atoms with E-state index in [1.54, 1.807) is 6.26 Å². The Kier molecular flexibility index (Phi) is 5.28. The van der Waals surface area contributed by atoms with E-state index in [0.29, 0.717) is 6.04 Å². The van der Waals surface area contributed by atoms with Gasteiger partial charge in [-0.3, -0.25) is 4.90 Å². The second-order valence-electron chi connectivity index (χ2n) is 7.15. The molecule has 1 aromatic rings. The van der Waals surface area contributed by atoms with E-state index < -0.39 is 0 Å². The van der Waals surface area contributed by atoms with Gasteiger partial charge < -0.3 is 9.73 Å². The molecule has 3 nitrogen and oxygen atoms in total. The van der Waals surface area contributed by atoms with Crippen LogP contribution in [0.1, 0.15) is 59.1 Å². The molecule has 0 bridgehead atoms. The third-order valence-electron chi connectivity index (χ3n) is 3.95. The third kappa shape index (κ3) is 5.29. The summed E-state index contributed by atoms with van der Waals surface area (Å²) in [5.74, 6) is 1.09. The van der Waals surface area contributed by atoms with Gasteiger partial charge in [-0.1, -0.05) is 0 Å². The number of hydrogen-bond donors (Lipinski definition) is 1. The molecular weight excluding hydrogens is 248 g/mol. The van der Waals surface area contributed by atoms with Crippen molar-refractivity contribution < 1.29 is 4.42 Å². The smallest absolute Gasteiger partial charge is 0.117 e. The lowest BCUT2D eigenvalue weighted by molar-refractivity contribution is 0.164. The highest BCUT2D eigenvalue weighted by Gasteiger charge is 2.32. The first kappa shape index (κ1) is 15.6. The summed E-state index contributed by atoms with van der Waals surface area (Å²) in [6.07, 6.45) is 6.97. The molecule has 1 aromatic heterocycles. The van der Waals surface area contributed by atoms with Gasteiger partial charge in [-0.2, -0.15) is 0 Å². The predicted molar refractivity (Wildman–Crippen MR) is 83.7 cm³/mol. The van der Waals surface area contributed by atoms with Crippen molar-refractivity contribution in [1.82, 2.24) is 10.2 Å². The number of rotatable bonds is 8. The summed E-state index contributed by atoms with van der Waals surface area (Å²) < 4.78 is 5.51. The molecule has 1 unspecified atom stereocenters. The summed E-state index contributed by atoms with van der Waals surface area (Å²) in [7, 11) is 0. The Morgan fingerprint density at radius 3 is 2.70 bits per heavy atom. The van der Waals surface area contributed by atoms with Gasteiger partial charge in [0.2, 0.25) is 0 Å². The fraction of sp³-hybridized carbons (Fsp3) is 0.765. The lowest BCUT2D eigenvalue weighted by Gasteiger charge is -2.29. The van der Waals surface area contributed by atoms with Crippen LogP contribution < -0.4 is 5.32 Å². The van der Waals surface area contributed by atoms with Crippen molar-refractivity contribution in [2.24, 2.45) is 0 Å². The van der Waals surface area contributed by atoms with Crippen LogP contribution in [0.5, 0.6) is 0 Å². The molecule has 1 fully saturated rings. The molecule has 1 atom stereocenters. The van der Waals surface area contributed by atoms with Crippen LogP contribution in [0.15, 0.2) is 22.8 Å². The molecule has 3 heteroatoms. The van der Waals surface area contributed by atoms with Gasteiger partial charge in [-0.25, -0.2) is 0 Å².